The monoisotopic (exact) mass is 279 g/mol. The molecule has 1 aromatic heterocycles. The second kappa shape index (κ2) is 6.37. The van der Waals surface area contributed by atoms with Gasteiger partial charge >= 0.3 is 0 Å². The molecular formula is C14H21N3O3. The van der Waals surface area contributed by atoms with Crippen LogP contribution in [0.2, 0.25) is 0 Å². The van der Waals surface area contributed by atoms with Crippen molar-refractivity contribution in [2.24, 2.45) is 0 Å². The van der Waals surface area contributed by atoms with Crippen LogP contribution in [0.25, 0.3) is 0 Å². The van der Waals surface area contributed by atoms with Crippen molar-refractivity contribution in [2.45, 2.75) is 38.3 Å². The fraction of sp³-hybridized carbons (Fsp3) is 0.714. The van der Waals surface area contributed by atoms with Crippen molar-refractivity contribution in [3.05, 3.63) is 17.7 Å². The lowest BCUT2D eigenvalue weighted by molar-refractivity contribution is -0.139. The molecule has 0 saturated carbocycles. The Morgan fingerprint density at radius 3 is 3.35 bits per heavy atom. The molecule has 6 nitrogen and oxygen atoms in total. The number of aromatic nitrogens is 2. The first-order valence-electron chi connectivity index (χ1n) is 7.31. The zero-order valence-electron chi connectivity index (χ0n) is 11.6. The van der Waals surface area contributed by atoms with Gasteiger partial charge in [-0.15, -0.1) is 0 Å². The Hall–Kier alpha value is -1.40. The molecule has 1 atom stereocenters. The van der Waals surface area contributed by atoms with Crippen LogP contribution in [0.1, 0.15) is 30.7 Å². The van der Waals surface area contributed by atoms with Crippen LogP contribution in [-0.2, 0) is 27.2 Å². The highest BCUT2D eigenvalue weighted by Crippen LogP contribution is 2.15. The van der Waals surface area contributed by atoms with Crippen LogP contribution in [0.15, 0.2) is 6.33 Å². The quantitative estimate of drug-likeness (QED) is 0.888. The van der Waals surface area contributed by atoms with E-state index in [4.69, 9.17) is 9.47 Å². The van der Waals surface area contributed by atoms with Crippen LogP contribution in [-0.4, -0.2) is 53.2 Å². The molecule has 1 amide bonds. The number of amides is 1. The second-order valence-electron chi connectivity index (χ2n) is 5.40. The first-order valence-corrected chi connectivity index (χ1v) is 7.31. The van der Waals surface area contributed by atoms with E-state index < -0.39 is 0 Å². The molecule has 2 aliphatic heterocycles. The van der Waals surface area contributed by atoms with E-state index in [9.17, 15) is 4.79 Å². The summed E-state index contributed by atoms with van der Waals surface area (Å²) in [5, 5.41) is 0. The number of aromatic amines is 1. The van der Waals surface area contributed by atoms with Crippen LogP contribution in [0.5, 0.6) is 0 Å². The Labute approximate surface area is 118 Å². The molecule has 110 valence electrons. The smallest absolute Gasteiger partial charge is 0.248 e. The van der Waals surface area contributed by atoms with Gasteiger partial charge in [0.25, 0.3) is 0 Å². The average molecular weight is 279 g/mol. The molecule has 1 fully saturated rings. The molecule has 2 aliphatic rings. The summed E-state index contributed by atoms with van der Waals surface area (Å²) in [6.07, 6.45) is 6.03. The molecule has 0 aliphatic carbocycles. The molecule has 20 heavy (non-hydrogen) atoms. The SMILES string of the molecule is O=C(COC[C@@H]1CCCCO1)N1CCc2nc[nH]c2C1. The third-order valence-electron chi connectivity index (χ3n) is 3.93. The first kappa shape index (κ1) is 13.6. The molecule has 1 N–H and O–H groups in total. The fourth-order valence-electron chi connectivity index (χ4n) is 2.73. The molecule has 0 unspecified atom stereocenters. The van der Waals surface area contributed by atoms with Gasteiger partial charge in [0.05, 0.1) is 37.0 Å². The van der Waals surface area contributed by atoms with Gasteiger partial charge in [-0.1, -0.05) is 0 Å². The number of hydrogen-bond acceptors (Lipinski definition) is 4. The molecule has 1 aromatic rings. The summed E-state index contributed by atoms with van der Waals surface area (Å²) in [7, 11) is 0. The number of rotatable bonds is 4. The highest BCUT2D eigenvalue weighted by Gasteiger charge is 2.22. The number of imidazole rings is 1. The normalized spacial score (nSPS) is 22.6. The lowest BCUT2D eigenvalue weighted by Gasteiger charge is -2.27. The molecule has 0 spiro atoms. The van der Waals surface area contributed by atoms with Crippen LogP contribution in [0.3, 0.4) is 0 Å². The van der Waals surface area contributed by atoms with Gasteiger partial charge in [0.1, 0.15) is 6.61 Å². The van der Waals surface area contributed by atoms with Gasteiger partial charge in [-0.25, -0.2) is 4.98 Å². The topological polar surface area (TPSA) is 67.5 Å². The van der Waals surface area contributed by atoms with Crippen LogP contribution in [0.4, 0.5) is 0 Å². The minimum atomic E-state index is 0.0426. The molecule has 3 heterocycles. The summed E-state index contributed by atoms with van der Waals surface area (Å²) in [6, 6.07) is 0. The van der Waals surface area contributed by atoms with Gasteiger partial charge in [-0.2, -0.15) is 0 Å². The fourth-order valence-corrected chi connectivity index (χ4v) is 2.73. The summed E-state index contributed by atoms with van der Waals surface area (Å²) < 4.78 is 11.1. The van der Waals surface area contributed by atoms with E-state index in [2.05, 4.69) is 9.97 Å². The van der Waals surface area contributed by atoms with Gasteiger partial charge in [0.2, 0.25) is 5.91 Å². The number of carbonyl (C=O) groups excluding carboxylic acids is 1. The van der Waals surface area contributed by atoms with E-state index in [-0.39, 0.29) is 18.6 Å². The molecule has 3 rings (SSSR count). The summed E-state index contributed by atoms with van der Waals surface area (Å²) in [5.74, 6) is 0.0426. The summed E-state index contributed by atoms with van der Waals surface area (Å²) in [4.78, 5) is 21.2. The number of H-pyrrole nitrogens is 1. The minimum absolute atomic E-state index is 0.0426. The average Bonchev–Trinajstić information content (AvgIpc) is 2.95. The Balaban J connectivity index is 1.41. The Morgan fingerprint density at radius 1 is 1.55 bits per heavy atom. The Bertz CT molecular complexity index is 454. The van der Waals surface area contributed by atoms with Crippen molar-refractivity contribution in [1.82, 2.24) is 14.9 Å². The predicted octanol–water partition coefficient (Wildman–Crippen LogP) is 0.880. The van der Waals surface area contributed by atoms with Gasteiger partial charge in [-0.3, -0.25) is 4.79 Å². The molecule has 0 bridgehead atoms. The van der Waals surface area contributed by atoms with Crippen molar-refractivity contribution in [3.63, 3.8) is 0 Å². The predicted molar refractivity (Wildman–Crippen MR) is 72.1 cm³/mol. The maximum absolute atomic E-state index is 12.1. The van der Waals surface area contributed by atoms with E-state index in [0.717, 1.165) is 43.8 Å². The molecule has 1 saturated heterocycles. The summed E-state index contributed by atoms with van der Waals surface area (Å²) in [6.45, 7) is 2.81. The molecule has 0 radical (unpaired) electrons. The third kappa shape index (κ3) is 3.19. The number of hydrogen-bond donors (Lipinski definition) is 1. The van der Waals surface area contributed by atoms with Crippen molar-refractivity contribution in [2.75, 3.05) is 26.4 Å². The molecule has 0 aromatic carbocycles. The number of fused-ring (bicyclic) bond motifs is 1. The standard InChI is InChI=1S/C14H21N3O3/c18-14(9-19-8-11-3-1-2-6-20-11)17-5-4-12-13(7-17)16-10-15-12/h10-11H,1-9H2,(H,15,16)/t11-/m0/s1. The van der Waals surface area contributed by atoms with Crippen molar-refractivity contribution in [1.29, 1.82) is 0 Å². The zero-order valence-corrected chi connectivity index (χ0v) is 11.6. The van der Waals surface area contributed by atoms with E-state index in [1.165, 1.54) is 6.42 Å². The maximum Gasteiger partial charge on any atom is 0.248 e. The van der Waals surface area contributed by atoms with Gasteiger partial charge in [0, 0.05) is 19.6 Å². The molecular weight excluding hydrogens is 258 g/mol. The highest BCUT2D eigenvalue weighted by atomic mass is 16.5. The van der Waals surface area contributed by atoms with E-state index in [1.54, 1.807) is 6.33 Å². The maximum atomic E-state index is 12.1. The van der Waals surface area contributed by atoms with Gasteiger partial charge < -0.3 is 19.4 Å². The lowest BCUT2D eigenvalue weighted by atomic mass is 10.1. The zero-order chi connectivity index (χ0) is 13.8. The van der Waals surface area contributed by atoms with Gasteiger partial charge in [0.15, 0.2) is 0 Å². The van der Waals surface area contributed by atoms with Crippen LogP contribution >= 0.6 is 0 Å². The van der Waals surface area contributed by atoms with Gasteiger partial charge in [-0.05, 0) is 19.3 Å². The molecule has 6 heteroatoms. The van der Waals surface area contributed by atoms with Crippen molar-refractivity contribution < 1.29 is 14.3 Å². The summed E-state index contributed by atoms with van der Waals surface area (Å²) >= 11 is 0. The highest BCUT2D eigenvalue weighted by molar-refractivity contribution is 5.77. The number of carbonyl (C=O) groups is 1. The summed E-state index contributed by atoms with van der Waals surface area (Å²) in [5.41, 5.74) is 2.12. The van der Waals surface area contributed by atoms with Crippen molar-refractivity contribution >= 4 is 5.91 Å². The number of nitrogens with one attached hydrogen (secondary N) is 1. The number of ether oxygens (including phenoxy) is 2. The van der Waals surface area contributed by atoms with E-state index in [0.29, 0.717) is 13.2 Å². The van der Waals surface area contributed by atoms with Crippen LogP contribution < -0.4 is 0 Å². The number of nitrogens with zero attached hydrogens (tertiary/aromatic N) is 2. The first-order chi connectivity index (χ1) is 9.83. The second-order valence-corrected chi connectivity index (χ2v) is 5.40. The Kier molecular flexibility index (Phi) is 4.32. The van der Waals surface area contributed by atoms with Crippen LogP contribution in [0, 0.1) is 0 Å². The minimum Gasteiger partial charge on any atom is -0.376 e. The Morgan fingerprint density at radius 2 is 2.50 bits per heavy atom. The van der Waals surface area contributed by atoms with Crippen molar-refractivity contribution in [3.8, 4) is 0 Å². The lowest BCUT2D eigenvalue weighted by Crippen LogP contribution is -2.39. The van der Waals surface area contributed by atoms with E-state index in [1.807, 2.05) is 4.90 Å². The third-order valence-corrected chi connectivity index (χ3v) is 3.93. The largest absolute Gasteiger partial charge is 0.376 e. The van der Waals surface area contributed by atoms with E-state index >= 15 is 0 Å².